The fraction of sp³-hybridized carbons (Fsp3) is 0.118. The number of nitrogens with zero attached hydrogens (tertiary/aromatic N) is 1. The molecule has 1 unspecified atom stereocenters. The van der Waals surface area contributed by atoms with Crippen LogP contribution in [0.5, 0.6) is 0 Å². The molecule has 0 aliphatic carbocycles. The minimum Gasteiger partial charge on any atom is -0.478 e. The summed E-state index contributed by atoms with van der Waals surface area (Å²) < 4.78 is 38.0. The van der Waals surface area contributed by atoms with E-state index in [0.29, 0.717) is 11.3 Å². The van der Waals surface area contributed by atoms with E-state index in [0.717, 1.165) is 23.9 Å². The molecular weight excluding hydrogens is 321 g/mol. The van der Waals surface area contributed by atoms with E-state index in [1.54, 1.807) is 18.4 Å². The summed E-state index contributed by atoms with van der Waals surface area (Å²) in [5.41, 5.74) is 1.28. The highest BCUT2D eigenvalue weighted by Gasteiger charge is 2.32. The quantitative estimate of drug-likeness (QED) is 0.833. The third-order valence-electron chi connectivity index (χ3n) is 3.66. The van der Waals surface area contributed by atoms with Gasteiger partial charge in [-0.25, -0.2) is 4.79 Å². The van der Waals surface area contributed by atoms with E-state index in [4.69, 9.17) is 5.11 Å². The second-order valence-corrected chi connectivity index (χ2v) is 5.23. The van der Waals surface area contributed by atoms with Crippen molar-refractivity contribution in [3.63, 3.8) is 0 Å². The number of aliphatic carboxylic acids is 1. The Balaban J connectivity index is 1.93. The molecule has 2 aliphatic heterocycles. The van der Waals surface area contributed by atoms with E-state index in [1.165, 1.54) is 18.2 Å². The van der Waals surface area contributed by atoms with Crippen molar-refractivity contribution in [2.75, 3.05) is 0 Å². The Hall–Kier alpha value is -2.96. The van der Waals surface area contributed by atoms with Crippen molar-refractivity contribution in [1.82, 2.24) is 10.2 Å². The van der Waals surface area contributed by atoms with Gasteiger partial charge in [0.1, 0.15) is 6.17 Å². The first-order chi connectivity index (χ1) is 11.4. The molecule has 0 aromatic heterocycles. The topological polar surface area (TPSA) is 52.6 Å². The predicted molar refractivity (Wildman–Crippen MR) is 82.2 cm³/mol. The lowest BCUT2D eigenvalue weighted by Crippen LogP contribution is -2.32. The predicted octanol–water partition coefficient (Wildman–Crippen LogP) is 3.33. The van der Waals surface area contributed by atoms with E-state index < -0.39 is 23.9 Å². The molecule has 0 fully saturated rings. The molecule has 3 rings (SSSR count). The molecule has 1 atom stereocenters. The summed E-state index contributed by atoms with van der Waals surface area (Å²) in [6, 6.07) is 4.84. The third-order valence-corrected chi connectivity index (χ3v) is 3.66. The van der Waals surface area contributed by atoms with Crippen molar-refractivity contribution in [2.45, 2.75) is 12.3 Å². The van der Waals surface area contributed by atoms with Gasteiger partial charge in [-0.1, -0.05) is 18.2 Å². The van der Waals surface area contributed by atoms with Gasteiger partial charge in [-0.15, -0.1) is 0 Å². The first-order valence-corrected chi connectivity index (χ1v) is 7.09. The van der Waals surface area contributed by atoms with Gasteiger partial charge < -0.3 is 15.3 Å². The maximum Gasteiger partial charge on any atom is 0.416 e. The van der Waals surface area contributed by atoms with Crippen LogP contribution in [0.1, 0.15) is 11.1 Å². The number of carboxylic acids is 1. The van der Waals surface area contributed by atoms with E-state index in [-0.39, 0.29) is 0 Å². The largest absolute Gasteiger partial charge is 0.478 e. The number of alkyl halides is 3. The van der Waals surface area contributed by atoms with E-state index in [9.17, 15) is 18.0 Å². The van der Waals surface area contributed by atoms with Crippen LogP contribution in [0, 0.1) is 0 Å². The minimum atomic E-state index is -4.38. The summed E-state index contributed by atoms with van der Waals surface area (Å²) in [5, 5.41) is 11.9. The van der Waals surface area contributed by atoms with E-state index in [2.05, 4.69) is 5.32 Å². The summed E-state index contributed by atoms with van der Waals surface area (Å²) in [7, 11) is 0. The first kappa shape index (κ1) is 15.9. The van der Waals surface area contributed by atoms with E-state index >= 15 is 0 Å². The number of rotatable bonds is 3. The number of carboxylic acid groups (broad SMARTS) is 1. The lowest BCUT2D eigenvalue weighted by atomic mass is 10.1. The SMILES string of the molecule is O=C(O)/C=C/C1NC(c2ccc(C(F)(F)F)cc2)=C2C=CC=CN21. The molecule has 2 N–H and O–H groups in total. The highest BCUT2D eigenvalue weighted by atomic mass is 19.4. The molecule has 1 aromatic carbocycles. The van der Waals surface area contributed by atoms with Gasteiger partial charge in [0.05, 0.1) is 17.0 Å². The van der Waals surface area contributed by atoms with Crippen LogP contribution < -0.4 is 5.32 Å². The Bertz CT molecular complexity index is 774. The molecule has 4 nitrogen and oxygen atoms in total. The van der Waals surface area contributed by atoms with Crippen LogP contribution >= 0.6 is 0 Å². The van der Waals surface area contributed by atoms with Gasteiger partial charge in [0, 0.05) is 12.3 Å². The average molecular weight is 334 g/mol. The standard InChI is InChI=1S/C17H13F3N2O2/c18-17(19,20)12-6-4-11(5-7-12)16-13-3-1-2-10-22(13)14(21-16)8-9-15(23)24/h1-10,14,21H,(H,23,24)/b9-8+. The van der Waals surface area contributed by atoms with Crippen molar-refractivity contribution in [2.24, 2.45) is 0 Å². The molecule has 7 heteroatoms. The number of benzene rings is 1. The Labute approximate surface area is 135 Å². The number of hydrogen-bond acceptors (Lipinski definition) is 3. The molecule has 0 amide bonds. The van der Waals surface area contributed by atoms with Gasteiger partial charge in [0.25, 0.3) is 0 Å². The zero-order valence-corrected chi connectivity index (χ0v) is 12.3. The second kappa shape index (κ2) is 5.92. The number of carbonyl (C=O) groups is 1. The molecule has 0 saturated carbocycles. The summed E-state index contributed by atoms with van der Waals surface area (Å²) in [5.74, 6) is -1.07. The third kappa shape index (κ3) is 3.05. The number of allylic oxidation sites excluding steroid dienone is 3. The smallest absolute Gasteiger partial charge is 0.416 e. The molecule has 2 aliphatic rings. The van der Waals surface area contributed by atoms with E-state index in [1.807, 2.05) is 11.0 Å². The van der Waals surface area contributed by atoms with Gasteiger partial charge >= 0.3 is 12.1 Å². The van der Waals surface area contributed by atoms with Gasteiger partial charge in [0.15, 0.2) is 0 Å². The van der Waals surface area contributed by atoms with Crippen LogP contribution in [0.4, 0.5) is 13.2 Å². The lowest BCUT2D eigenvalue weighted by Gasteiger charge is -2.23. The molecule has 124 valence electrons. The molecule has 0 spiro atoms. The lowest BCUT2D eigenvalue weighted by molar-refractivity contribution is -0.137. The van der Waals surface area contributed by atoms with Crippen molar-refractivity contribution in [3.8, 4) is 0 Å². The maximum atomic E-state index is 12.7. The molecule has 24 heavy (non-hydrogen) atoms. The summed E-state index contributed by atoms with van der Waals surface area (Å²) >= 11 is 0. The van der Waals surface area contributed by atoms with Crippen molar-refractivity contribution < 1.29 is 23.1 Å². The first-order valence-electron chi connectivity index (χ1n) is 7.09. The number of halogens is 3. The van der Waals surface area contributed by atoms with Gasteiger partial charge in [-0.05, 0) is 35.9 Å². The Morgan fingerprint density at radius 3 is 2.54 bits per heavy atom. The van der Waals surface area contributed by atoms with Crippen LogP contribution in [-0.2, 0) is 11.0 Å². The zero-order valence-electron chi connectivity index (χ0n) is 12.3. The Morgan fingerprint density at radius 1 is 1.21 bits per heavy atom. The normalized spacial score (nSPS) is 19.8. The average Bonchev–Trinajstić information content (AvgIpc) is 2.91. The van der Waals surface area contributed by atoms with Crippen molar-refractivity contribution in [3.05, 3.63) is 77.7 Å². The van der Waals surface area contributed by atoms with Crippen LogP contribution in [0.3, 0.4) is 0 Å². The fourth-order valence-corrected chi connectivity index (χ4v) is 2.57. The van der Waals surface area contributed by atoms with Crippen molar-refractivity contribution >= 4 is 11.7 Å². The number of nitrogens with one attached hydrogen (secondary N) is 1. The van der Waals surface area contributed by atoms with Crippen LogP contribution in [0.25, 0.3) is 5.70 Å². The summed E-state index contributed by atoms with van der Waals surface area (Å²) in [6.45, 7) is 0. The molecule has 0 bridgehead atoms. The van der Waals surface area contributed by atoms with Crippen LogP contribution in [0.15, 0.2) is 66.5 Å². The Morgan fingerprint density at radius 2 is 1.92 bits per heavy atom. The minimum absolute atomic E-state index is 0.422. The molecule has 0 radical (unpaired) electrons. The molecule has 2 heterocycles. The van der Waals surface area contributed by atoms with Crippen LogP contribution in [-0.4, -0.2) is 22.1 Å². The molecule has 0 saturated heterocycles. The maximum absolute atomic E-state index is 12.7. The Kier molecular flexibility index (Phi) is 3.92. The molecule has 1 aromatic rings. The summed E-state index contributed by atoms with van der Waals surface area (Å²) in [6.07, 6.45) is 4.88. The fourth-order valence-electron chi connectivity index (χ4n) is 2.57. The van der Waals surface area contributed by atoms with Gasteiger partial charge in [0.2, 0.25) is 0 Å². The summed E-state index contributed by atoms with van der Waals surface area (Å²) in [4.78, 5) is 12.5. The number of hydrogen-bond donors (Lipinski definition) is 2. The monoisotopic (exact) mass is 334 g/mol. The zero-order chi connectivity index (χ0) is 17.3. The second-order valence-electron chi connectivity index (χ2n) is 5.23. The van der Waals surface area contributed by atoms with Gasteiger partial charge in [-0.2, -0.15) is 13.2 Å². The van der Waals surface area contributed by atoms with Crippen LogP contribution in [0.2, 0.25) is 0 Å². The van der Waals surface area contributed by atoms with Gasteiger partial charge in [-0.3, -0.25) is 0 Å². The van der Waals surface area contributed by atoms with Crippen molar-refractivity contribution in [1.29, 1.82) is 0 Å². The highest BCUT2D eigenvalue weighted by Crippen LogP contribution is 2.33. The molecular formula is C17H13F3N2O2. The highest BCUT2D eigenvalue weighted by molar-refractivity contribution is 5.80. The number of fused-ring (bicyclic) bond motifs is 1.